The minimum Gasteiger partial charge on any atom is -0.311 e. The molecule has 0 aliphatic carbocycles. The minimum atomic E-state index is -3.54. The van der Waals surface area contributed by atoms with Gasteiger partial charge >= 0.3 is 0 Å². The smallest absolute Gasteiger partial charge is 0.243 e. The van der Waals surface area contributed by atoms with Crippen LogP contribution in [0.1, 0.15) is 31.2 Å². The molecule has 0 saturated carbocycles. The zero-order chi connectivity index (χ0) is 16.9. The van der Waals surface area contributed by atoms with Gasteiger partial charge in [-0.05, 0) is 56.4 Å². The maximum atomic E-state index is 13.3. The number of benzene rings is 1. The molecule has 2 fully saturated rings. The van der Waals surface area contributed by atoms with Crippen LogP contribution in [-0.4, -0.2) is 42.9 Å². The summed E-state index contributed by atoms with van der Waals surface area (Å²) in [5.74, 6) is 0. The number of aromatic nitrogens is 1. The molecule has 0 radical (unpaired) electrons. The Kier molecular flexibility index (Phi) is 3.86. The molecule has 2 saturated heterocycles. The number of fused-ring (bicyclic) bond motifs is 3. The van der Waals surface area contributed by atoms with Crippen LogP contribution >= 0.6 is 0 Å². The van der Waals surface area contributed by atoms with Crippen LogP contribution in [0, 0.1) is 6.92 Å². The molecule has 3 heterocycles. The van der Waals surface area contributed by atoms with Crippen molar-refractivity contribution in [3.8, 4) is 0 Å². The molecule has 2 aliphatic heterocycles. The standard InChI is InChI=1S/C18H23N3O2S/c1-12-5-8-17(16-4-3-9-19-18(12)16)24(22,23)21(2)15-10-13-6-7-14(11-15)20-13/h3-5,8-9,13-15,20H,6-7,10-11H2,1-2H3. The Morgan fingerprint density at radius 2 is 1.88 bits per heavy atom. The van der Waals surface area contributed by atoms with Gasteiger partial charge in [0.25, 0.3) is 0 Å². The van der Waals surface area contributed by atoms with Crippen LogP contribution in [0.15, 0.2) is 35.4 Å². The fraction of sp³-hybridized carbons (Fsp3) is 0.500. The number of hydrogen-bond donors (Lipinski definition) is 1. The van der Waals surface area contributed by atoms with Crippen LogP contribution in [-0.2, 0) is 10.0 Å². The van der Waals surface area contributed by atoms with Gasteiger partial charge in [-0.1, -0.05) is 6.07 Å². The van der Waals surface area contributed by atoms with Crippen molar-refractivity contribution in [3.63, 3.8) is 0 Å². The summed E-state index contributed by atoms with van der Waals surface area (Å²) in [6, 6.07) is 8.21. The largest absolute Gasteiger partial charge is 0.311 e. The van der Waals surface area contributed by atoms with Crippen LogP contribution in [0.4, 0.5) is 0 Å². The van der Waals surface area contributed by atoms with E-state index in [4.69, 9.17) is 0 Å². The number of aryl methyl sites for hydroxylation is 1. The Morgan fingerprint density at radius 3 is 2.58 bits per heavy atom. The summed E-state index contributed by atoms with van der Waals surface area (Å²) >= 11 is 0. The molecule has 2 atom stereocenters. The fourth-order valence-corrected chi connectivity index (χ4v) is 5.75. The van der Waals surface area contributed by atoms with Crippen molar-refractivity contribution in [1.82, 2.24) is 14.6 Å². The average molecular weight is 345 g/mol. The number of nitrogens with zero attached hydrogens (tertiary/aromatic N) is 2. The summed E-state index contributed by atoms with van der Waals surface area (Å²) in [7, 11) is -1.81. The van der Waals surface area contributed by atoms with Gasteiger partial charge in [0, 0.05) is 36.8 Å². The van der Waals surface area contributed by atoms with E-state index in [-0.39, 0.29) is 6.04 Å². The quantitative estimate of drug-likeness (QED) is 0.928. The summed E-state index contributed by atoms with van der Waals surface area (Å²) in [5.41, 5.74) is 1.75. The summed E-state index contributed by atoms with van der Waals surface area (Å²) < 4.78 is 28.1. The molecular formula is C18H23N3O2S. The lowest BCUT2D eigenvalue weighted by molar-refractivity contribution is 0.251. The first-order valence-corrected chi connectivity index (χ1v) is 9.99. The molecular weight excluding hydrogens is 322 g/mol. The third kappa shape index (κ3) is 2.53. The zero-order valence-electron chi connectivity index (χ0n) is 14.1. The second-order valence-corrected chi connectivity index (χ2v) is 9.03. The predicted molar refractivity (Wildman–Crippen MR) is 94.4 cm³/mol. The van der Waals surface area contributed by atoms with Crippen LogP contribution in [0.5, 0.6) is 0 Å². The van der Waals surface area contributed by atoms with E-state index in [1.165, 1.54) is 0 Å². The number of sulfonamides is 1. The molecule has 2 aliphatic rings. The molecule has 0 amide bonds. The summed E-state index contributed by atoms with van der Waals surface area (Å²) in [6.45, 7) is 1.96. The van der Waals surface area contributed by atoms with Gasteiger partial charge in [-0.2, -0.15) is 4.31 Å². The van der Waals surface area contributed by atoms with E-state index in [1.54, 1.807) is 29.7 Å². The van der Waals surface area contributed by atoms with E-state index in [2.05, 4.69) is 10.3 Å². The van der Waals surface area contributed by atoms with Crippen molar-refractivity contribution in [2.24, 2.45) is 0 Å². The topological polar surface area (TPSA) is 62.3 Å². The Labute approximate surface area is 143 Å². The molecule has 6 heteroatoms. The van der Waals surface area contributed by atoms with Gasteiger partial charge in [0.05, 0.1) is 10.4 Å². The van der Waals surface area contributed by atoms with Gasteiger partial charge in [-0.3, -0.25) is 4.98 Å². The van der Waals surface area contributed by atoms with Gasteiger partial charge in [-0.15, -0.1) is 0 Å². The van der Waals surface area contributed by atoms with E-state index in [0.717, 1.165) is 36.8 Å². The molecule has 1 aromatic carbocycles. The Hall–Kier alpha value is -1.50. The lowest BCUT2D eigenvalue weighted by Gasteiger charge is -2.35. The van der Waals surface area contributed by atoms with Crippen LogP contribution in [0.25, 0.3) is 10.9 Å². The zero-order valence-corrected chi connectivity index (χ0v) is 14.9. The third-order valence-electron chi connectivity index (χ3n) is 5.55. The summed E-state index contributed by atoms with van der Waals surface area (Å²) in [5, 5.41) is 4.28. The molecule has 5 nitrogen and oxygen atoms in total. The third-order valence-corrected chi connectivity index (χ3v) is 7.52. The lowest BCUT2D eigenvalue weighted by Crippen LogP contribution is -2.48. The van der Waals surface area contributed by atoms with Crippen molar-refractivity contribution in [2.75, 3.05) is 7.05 Å². The highest BCUT2D eigenvalue weighted by molar-refractivity contribution is 7.89. The summed E-state index contributed by atoms with van der Waals surface area (Å²) in [4.78, 5) is 4.73. The first kappa shape index (κ1) is 16.0. The minimum absolute atomic E-state index is 0.0711. The van der Waals surface area contributed by atoms with Crippen molar-refractivity contribution < 1.29 is 8.42 Å². The maximum Gasteiger partial charge on any atom is 0.243 e. The van der Waals surface area contributed by atoms with Gasteiger partial charge in [0.2, 0.25) is 10.0 Å². The van der Waals surface area contributed by atoms with E-state index in [0.29, 0.717) is 22.4 Å². The highest BCUT2D eigenvalue weighted by atomic mass is 32.2. The molecule has 2 unspecified atom stereocenters. The van der Waals surface area contributed by atoms with Crippen molar-refractivity contribution in [3.05, 3.63) is 36.0 Å². The van der Waals surface area contributed by atoms with Crippen LogP contribution in [0.3, 0.4) is 0 Å². The highest BCUT2D eigenvalue weighted by Crippen LogP contribution is 2.33. The molecule has 24 heavy (non-hydrogen) atoms. The second-order valence-electron chi connectivity index (χ2n) is 7.06. The van der Waals surface area contributed by atoms with Crippen molar-refractivity contribution in [2.45, 2.75) is 55.6 Å². The van der Waals surface area contributed by atoms with Gasteiger partial charge in [0.1, 0.15) is 0 Å². The SMILES string of the molecule is Cc1ccc(S(=O)(=O)N(C)C2CC3CCC(C2)N3)c2cccnc12. The first-order chi connectivity index (χ1) is 11.5. The molecule has 0 spiro atoms. The average Bonchev–Trinajstić information content (AvgIpc) is 2.92. The monoisotopic (exact) mass is 345 g/mol. The number of piperidine rings is 1. The van der Waals surface area contributed by atoms with Crippen LogP contribution in [0.2, 0.25) is 0 Å². The Morgan fingerprint density at radius 1 is 1.17 bits per heavy atom. The van der Waals surface area contributed by atoms with Crippen LogP contribution < -0.4 is 5.32 Å². The maximum absolute atomic E-state index is 13.3. The molecule has 2 bridgehead atoms. The van der Waals surface area contributed by atoms with Crippen molar-refractivity contribution in [1.29, 1.82) is 0 Å². The Bertz CT molecular complexity index is 869. The van der Waals surface area contributed by atoms with E-state index in [1.807, 2.05) is 19.1 Å². The first-order valence-electron chi connectivity index (χ1n) is 8.55. The van der Waals surface area contributed by atoms with E-state index < -0.39 is 10.0 Å². The van der Waals surface area contributed by atoms with Gasteiger partial charge in [0.15, 0.2) is 0 Å². The molecule has 1 N–H and O–H groups in total. The molecule has 4 rings (SSSR count). The summed E-state index contributed by atoms with van der Waals surface area (Å²) in [6.07, 6.45) is 5.82. The van der Waals surface area contributed by atoms with E-state index >= 15 is 0 Å². The highest BCUT2D eigenvalue weighted by Gasteiger charge is 2.39. The lowest BCUT2D eigenvalue weighted by atomic mass is 10.0. The van der Waals surface area contributed by atoms with Gasteiger partial charge in [-0.25, -0.2) is 8.42 Å². The van der Waals surface area contributed by atoms with Crippen molar-refractivity contribution >= 4 is 20.9 Å². The number of nitrogens with one attached hydrogen (secondary N) is 1. The molecule has 128 valence electrons. The number of rotatable bonds is 3. The normalized spacial score (nSPS) is 27.0. The van der Waals surface area contributed by atoms with Gasteiger partial charge < -0.3 is 5.32 Å². The second kappa shape index (κ2) is 5.79. The molecule has 1 aromatic heterocycles. The predicted octanol–water partition coefficient (Wildman–Crippen LogP) is 2.45. The van der Waals surface area contributed by atoms with E-state index in [9.17, 15) is 8.42 Å². The fourth-order valence-electron chi connectivity index (χ4n) is 4.19. The Balaban J connectivity index is 1.74. The number of hydrogen-bond acceptors (Lipinski definition) is 4. The number of pyridine rings is 1. The molecule has 2 aromatic rings.